The van der Waals surface area contributed by atoms with Crippen LogP contribution >= 0.6 is 0 Å². The summed E-state index contributed by atoms with van der Waals surface area (Å²) in [4.78, 5) is 24.0. The second-order valence-corrected chi connectivity index (χ2v) is 10.5. The highest BCUT2D eigenvalue weighted by Gasteiger charge is 2.16. The molecule has 214 valence electrons. The van der Waals surface area contributed by atoms with Crippen molar-refractivity contribution >= 4 is 11.9 Å². The first-order valence-corrected chi connectivity index (χ1v) is 15.6. The molecule has 36 heavy (non-hydrogen) atoms. The molecule has 0 heterocycles. The summed E-state index contributed by atoms with van der Waals surface area (Å²) in [5, 5.41) is 9.45. The second-order valence-electron chi connectivity index (χ2n) is 10.5. The summed E-state index contributed by atoms with van der Waals surface area (Å²) in [5.41, 5.74) is 0. The molecular formula is C31H60O5. The zero-order valence-corrected chi connectivity index (χ0v) is 24.0. The lowest BCUT2D eigenvalue weighted by Gasteiger charge is -2.15. The van der Waals surface area contributed by atoms with Gasteiger partial charge in [-0.05, 0) is 12.8 Å². The summed E-state index contributed by atoms with van der Waals surface area (Å²) >= 11 is 0. The fraction of sp³-hybridized carbons (Fsp3) is 0.935. The number of aliphatic hydroxyl groups is 1. The molecular weight excluding hydrogens is 452 g/mol. The maximum atomic E-state index is 12.0. The van der Waals surface area contributed by atoms with Crippen molar-refractivity contribution in [3.63, 3.8) is 0 Å². The van der Waals surface area contributed by atoms with Crippen LogP contribution in [0.15, 0.2) is 0 Å². The molecule has 0 aliphatic heterocycles. The van der Waals surface area contributed by atoms with Crippen molar-refractivity contribution < 1.29 is 24.2 Å². The Morgan fingerprint density at radius 1 is 0.528 bits per heavy atom. The third kappa shape index (κ3) is 26.0. The third-order valence-corrected chi connectivity index (χ3v) is 6.90. The van der Waals surface area contributed by atoms with Crippen molar-refractivity contribution in [1.82, 2.24) is 0 Å². The van der Waals surface area contributed by atoms with E-state index in [0.717, 1.165) is 38.5 Å². The Balaban J connectivity index is 3.56. The summed E-state index contributed by atoms with van der Waals surface area (Å²) in [6, 6.07) is 0. The Kier molecular flexibility index (Phi) is 27.6. The minimum absolute atomic E-state index is 0.0584. The van der Waals surface area contributed by atoms with Crippen molar-refractivity contribution in [1.29, 1.82) is 0 Å². The molecule has 0 aliphatic carbocycles. The molecule has 0 bridgehead atoms. The second kappa shape index (κ2) is 28.5. The lowest BCUT2D eigenvalue weighted by molar-refractivity contribution is -0.161. The van der Waals surface area contributed by atoms with E-state index in [4.69, 9.17) is 9.47 Å². The number of rotatable bonds is 28. The van der Waals surface area contributed by atoms with Crippen LogP contribution in [0, 0.1) is 0 Å². The molecule has 5 nitrogen and oxygen atoms in total. The maximum absolute atomic E-state index is 12.0. The molecule has 1 N–H and O–H groups in total. The van der Waals surface area contributed by atoms with E-state index in [1.54, 1.807) is 0 Å². The van der Waals surface area contributed by atoms with Gasteiger partial charge in [0.2, 0.25) is 0 Å². The van der Waals surface area contributed by atoms with Gasteiger partial charge in [0.15, 0.2) is 6.10 Å². The van der Waals surface area contributed by atoms with E-state index in [2.05, 4.69) is 13.8 Å². The molecule has 0 aromatic carbocycles. The summed E-state index contributed by atoms with van der Waals surface area (Å²) in [6.07, 6.45) is 27.2. The van der Waals surface area contributed by atoms with Crippen LogP contribution in [-0.2, 0) is 19.1 Å². The van der Waals surface area contributed by atoms with E-state index in [0.29, 0.717) is 12.8 Å². The van der Waals surface area contributed by atoms with Crippen LogP contribution in [0.3, 0.4) is 0 Å². The van der Waals surface area contributed by atoms with Crippen LogP contribution in [0.2, 0.25) is 0 Å². The average Bonchev–Trinajstić information content (AvgIpc) is 2.88. The van der Waals surface area contributed by atoms with E-state index in [9.17, 15) is 14.7 Å². The van der Waals surface area contributed by atoms with Crippen LogP contribution in [-0.4, -0.2) is 36.4 Å². The van der Waals surface area contributed by atoms with E-state index in [-0.39, 0.29) is 25.2 Å². The Morgan fingerprint density at radius 3 is 1.22 bits per heavy atom. The van der Waals surface area contributed by atoms with Crippen LogP contribution in [0.4, 0.5) is 0 Å². The number of aliphatic hydroxyl groups excluding tert-OH is 1. The SMILES string of the molecule is CCCCCCCCCCCCCCCC(=O)O[C@H](CO)COC(=O)CCCCCCCCCCC. The van der Waals surface area contributed by atoms with Gasteiger partial charge in [0.25, 0.3) is 0 Å². The van der Waals surface area contributed by atoms with Crippen molar-refractivity contribution in [2.45, 2.75) is 174 Å². The highest BCUT2D eigenvalue weighted by molar-refractivity contribution is 5.70. The molecule has 0 amide bonds. The molecule has 1 atom stereocenters. The van der Waals surface area contributed by atoms with E-state index in [1.807, 2.05) is 0 Å². The molecule has 0 spiro atoms. The van der Waals surface area contributed by atoms with Gasteiger partial charge in [-0.2, -0.15) is 0 Å². The fourth-order valence-electron chi connectivity index (χ4n) is 4.49. The lowest BCUT2D eigenvalue weighted by atomic mass is 10.0. The highest BCUT2D eigenvalue weighted by atomic mass is 16.6. The maximum Gasteiger partial charge on any atom is 0.306 e. The smallest absolute Gasteiger partial charge is 0.306 e. The van der Waals surface area contributed by atoms with Crippen molar-refractivity contribution in [3.8, 4) is 0 Å². The molecule has 5 heteroatoms. The van der Waals surface area contributed by atoms with Crippen molar-refractivity contribution in [3.05, 3.63) is 0 Å². The monoisotopic (exact) mass is 512 g/mol. The quantitative estimate of drug-likeness (QED) is 0.0837. The van der Waals surface area contributed by atoms with Gasteiger partial charge in [-0.25, -0.2) is 0 Å². The predicted molar refractivity (Wildman–Crippen MR) is 150 cm³/mol. The van der Waals surface area contributed by atoms with Crippen LogP contribution in [0.25, 0.3) is 0 Å². The molecule has 0 radical (unpaired) electrons. The lowest BCUT2D eigenvalue weighted by Crippen LogP contribution is -2.28. The standard InChI is InChI=1S/C31H60O5/c1-3-5-7-9-11-13-14-15-16-18-20-22-24-26-31(34)36-29(27-32)28-35-30(33)25-23-21-19-17-12-10-8-6-4-2/h29,32H,3-28H2,1-2H3/t29-/m1/s1. The topological polar surface area (TPSA) is 72.8 Å². The molecule has 0 rings (SSSR count). The summed E-state index contributed by atoms with van der Waals surface area (Å²) < 4.78 is 10.5. The van der Waals surface area contributed by atoms with Crippen molar-refractivity contribution in [2.75, 3.05) is 13.2 Å². The Bertz CT molecular complexity index is 480. The zero-order chi connectivity index (χ0) is 26.5. The molecule has 0 aliphatic rings. The first kappa shape index (κ1) is 34.9. The van der Waals surface area contributed by atoms with Gasteiger partial charge in [-0.1, -0.05) is 142 Å². The first-order valence-electron chi connectivity index (χ1n) is 15.6. The number of unbranched alkanes of at least 4 members (excludes halogenated alkanes) is 20. The number of ether oxygens (including phenoxy) is 2. The number of hydrogen-bond donors (Lipinski definition) is 1. The molecule has 0 saturated carbocycles. The van der Waals surface area contributed by atoms with Gasteiger partial charge in [0, 0.05) is 12.8 Å². The van der Waals surface area contributed by atoms with Crippen LogP contribution in [0.1, 0.15) is 168 Å². The normalized spacial score (nSPS) is 12.0. The van der Waals surface area contributed by atoms with Gasteiger partial charge < -0.3 is 14.6 Å². The van der Waals surface area contributed by atoms with Gasteiger partial charge in [-0.15, -0.1) is 0 Å². The number of hydrogen-bond acceptors (Lipinski definition) is 5. The van der Waals surface area contributed by atoms with Crippen molar-refractivity contribution in [2.24, 2.45) is 0 Å². The Hall–Kier alpha value is -1.10. The molecule has 0 fully saturated rings. The van der Waals surface area contributed by atoms with Crippen LogP contribution in [0.5, 0.6) is 0 Å². The van der Waals surface area contributed by atoms with E-state index in [1.165, 1.54) is 103 Å². The number of carbonyl (C=O) groups is 2. The largest absolute Gasteiger partial charge is 0.462 e. The third-order valence-electron chi connectivity index (χ3n) is 6.90. The summed E-state index contributed by atoms with van der Waals surface area (Å²) in [7, 11) is 0. The zero-order valence-electron chi connectivity index (χ0n) is 24.0. The number of esters is 2. The van der Waals surface area contributed by atoms with Gasteiger partial charge in [-0.3, -0.25) is 9.59 Å². The molecule has 0 saturated heterocycles. The average molecular weight is 513 g/mol. The minimum Gasteiger partial charge on any atom is -0.462 e. The molecule has 0 unspecified atom stereocenters. The fourth-order valence-corrected chi connectivity index (χ4v) is 4.49. The Morgan fingerprint density at radius 2 is 0.861 bits per heavy atom. The summed E-state index contributed by atoms with van der Waals surface area (Å²) in [6.45, 7) is 4.10. The van der Waals surface area contributed by atoms with Crippen LogP contribution < -0.4 is 0 Å². The van der Waals surface area contributed by atoms with Gasteiger partial charge >= 0.3 is 11.9 Å². The molecule has 0 aromatic rings. The van der Waals surface area contributed by atoms with E-state index < -0.39 is 6.10 Å². The minimum atomic E-state index is -0.758. The predicted octanol–water partition coefficient (Wildman–Crippen LogP) is 8.84. The van der Waals surface area contributed by atoms with E-state index >= 15 is 0 Å². The Labute approximate surface area is 223 Å². The molecule has 0 aromatic heterocycles. The summed E-state index contributed by atoms with van der Waals surface area (Å²) in [5.74, 6) is -0.587. The van der Waals surface area contributed by atoms with Gasteiger partial charge in [0.05, 0.1) is 6.61 Å². The number of carbonyl (C=O) groups excluding carboxylic acids is 2. The highest BCUT2D eigenvalue weighted by Crippen LogP contribution is 2.14. The van der Waals surface area contributed by atoms with Gasteiger partial charge in [0.1, 0.15) is 6.61 Å². The first-order chi connectivity index (χ1) is 17.6.